The molecular formula is C15H25NO3. The van der Waals surface area contributed by atoms with Gasteiger partial charge in [0.2, 0.25) is 0 Å². The molecule has 2 atom stereocenters. The highest BCUT2D eigenvalue weighted by molar-refractivity contribution is 5.42. The molecule has 0 bridgehead atoms. The molecule has 0 amide bonds. The summed E-state index contributed by atoms with van der Waals surface area (Å²) in [5.41, 5.74) is 1.08. The Labute approximate surface area is 115 Å². The van der Waals surface area contributed by atoms with Gasteiger partial charge in [-0.3, -0.25) is 0 Å². The monoisotopic (exact) mass is 267 g/mol. The molecule has 1 aromatic rings. The van der Waals surface area contributed by atoms with E-state index >= 15 is 0 Å². The van der Waals surface area contributed by atoms with Crippen molar-refractivity contribution in [3.63, 3.8) is 0 Å². The van der Waals surface area contributed by atoms with E-state index in [0.717, 1.165) is 36.4 Å². The molecule has 2 unspecified atom stereocenters. The zero-order chi connectivity index (χ0) is 14.3. The van der Waals surface area contributed by atoms with Gasteiger partial charge in [0.25, 0.3) is 0 Å². The van der Waals surface area contributed by atoms with Crippen LogP contribution in [0.25, 0.3) is 0 Å². The van der Waals surface area contributed by atoms with Crippen LogP contribution < -0.4 is 14.8 Å². The number of rotatable bonds is 8. The van der Waals surface area contributed by atoms with Gasteiger partial charge in [0.1, 0.15) is 11.5 Å². The smallest absolute Gasteiger partial charge is 0.123 e. The molecular weight excluding hydrogens is 242 g/mol. The molecule has 19 heavy (non-hydrogen) atoms. The third-order valence-corrected chi connectivity index (χ3v) is 3.15. The number of benzene rings is 1. The highest BCUT2D eigenvalue weighted by Gasteiger charge is 2.12. The van der Waals surface area contributed by atoms with Gasteiger partial charge in [-0.15, -0.1) is 0 Å². The normalized spacial score (nSPS) is 13.9. The Hall–Kier alpha value is -1.26. The Morgan fingerprint density at radius 2 is 1.95 bits per heavy atom. The standard InChI is InChI=1S/C15H25NO3/c1-11(17)6-5-9-16-12(2)14-10-13(18-3)7-8-15(14)19-4/h7-8,10-12,16-17H,5-6,9H2,1-4H3. The predicted octanol–water partition coefficient (Wildman–Crippen LogP) is 2.52. The van der Waals surface area contributed by atoms with Crippen molar-refractivity contribution in [3.05, 3.63) is 23.8 Å². The predicted molar refractivity (Wildman–Crippen MR) is 76.9 cm³/mol. The molecule has 0 fully saturated rings. The van der Waals surface area contributed by atoms with Crippen LogP contribution in [-0.4, -0.2) is 32.0 Å². The molecule has 0 saturated carbocycles. The van der Waals surface area contributed by atoms with Crippen LogP contribution in [0.3, 0.4) is 0 Å². The maximum Gasteiger partial charge on any atom is 0.123 e. The van der Waals surface area contributed by atoms with Gasteiger partial charge < -0.3 is 19.9 Å². The van der Waals surface area contributed by atoms with Gasteiger partial charge in [0.05, 0.1) is 20.3 Å². The molecule has 0 aliphatic heterocycles. The van der Waals surface area contributed by atoms with E-state index in [9.17, 15) is 5.11 Å². The van der Waals surface area contributed by atoms with Crippen LogP contribution in [0.5, 0.6) is 11.5 Å². The minimum Gasteiger partial charge on any atom is -0.497 e. The maximum absolute atomic E-state index is 9.22. The summed E-state index contributed by atoms with van der Waals surface area (Å²) in [7, 11) is 3.33. The van der Waals surface area contributed by atoms with E-state index in [-0.39, 0.29) is 12.1 Å². The van der Waals surface area contributed by atoms with E-state index < -0.39 is 0 Å². The van der Waals surface area contributed by atoms with Crippen LogP contribution in [0.15, 0.2) is 18.2 Å². The van der Waals surface area contributed by atoms with E-state index in [0.29, 0.717) is 0 Å². The van der Waals surface area contributed by atoms with Crippen molar-refractivity contribution in [3.8, 4) is 11.5 Å². The van der Waals surface area contributed by atoms with E-state index in [1.54, 1.807) is 14.2 Å². The van der Waals surface area contributed by atoms with Crippen LogP contribution in [-0.2, 0) is 0 Å². The number of aliphatic hydroxyl groups is 1. The average molecular weight is 267 g/mol. The first-order valence-electron chi connectivity index (χ1n) is 6.71. The van der Waals surface area contributed by atoms with Crippen molar-refractivity contribution in [1.82, 2.24) is 5.32 Å². The van der Waals surface area contributed by atoms with Crippen LogP contribution >= 0.6 is 0 Å². The third kappa shape index (κ3) is 5.09. The molecule has 0 aliphatic carbocycles. The SMILES string of the molecule is COc1ccc(OC)c(C(C)NCCCC(C)O)c1. The summed E-state index contributed by atoms with van der Waals surface area (Å²) < 4.78 is 10.6. The van der Waals surface area contributed by atoms with Gasteiger partial charge in [0, 0.05) is 11.6 Å². The van der Waals surface area contributed by atoms with E-state index in [2.05, 4.69) is 12.2 Å². The first-order valence-corrected chi connectivity index (χ1v) is 6.71. The number of hydrogen-bond acceptors (Lipinski definition) is 4. The zero-order valence-corrected chi connectivity index (χ0v) is 12.3. The molecule has 4 heteroatoms. The number of hydrogen-bond donors (Lipinski definition) is 2. The number of aliphatic hydroxyl groups excluding tert-OH is 1. The van der Waals surface area contributed by atoms with Gasteiger partial charge in [-0.05, 0) is 51.4 Å². The largest absolute Gasteiger partial charge is 0.497 e. The quantitative estimate of drug-likeness (QED) is 0.711. The molecule has 0 aromatic heterocycles. The molecule has 2 N–H and O–H groups in total. The van der Waals surface area contributed by atoms with Crippen LogP contribution in [0.2, 0.25) is 0 Å². The van der Waals surface area contributed by atoms with Crippen molar-refractivity contribution in [2.24, 2.45) is 0 Å². The Morgan fingerprint density at radius 1 is 1.21 bits per heavy atom. The number of methoxy groups -OCH3 is 2. The molecule has 0 radical (unpaired) electrons. The minimum absolute atomic E-state index is 0.180. The molecule has 108 valence electrons. The Kier molecular flexibility index (Phi) is 6.67. The molecule has 1 aromatic carbocycles. The van der Waals surface area contributed by atoms with E-state index in [1.165, 1.54) is 0 Å². The summed E-state index contributed by atoms with van der Waals surface area (Å²) in [4.78, 5) is 0. The fourth-order valence-electron chi connectivity index (χ4n) is 2.00. The zero-order valence-electron chi connectivity index (χ0n) is 12.3. The summed E-state index contributed by atoms with van der Waals surface area (Å²) in [5.74, 6) is 1.68. The fourth-order valence-corrected chi connectivity index (χ4v) is 2.00. The summed E-state index contributed by atoms with van der Waals surface area (Å²) in [6.45, 7) is 4.78. The molecule has 0 aliphatic rings. The second-order valence-electron chi connectivity index (χ2n) is 4.77. The van der Waals surface area contributed by atoms with E-state index in [1.807, 2.05) is 25.1 Å². The highest BCUT2D eigenvalue weighted by Crippen LogP contribution is 2.29. The first kappa shape index (κ1) is 15.8. The molecule has 4 nitrogen and oxygen atoms in total. The lowest BCUT2D eigenvalue weighted by molar-refractivity contribution is 0.181. The lowest BCUT2D eigenvalue weighted by atomic mass is 10.1. The fraction of sp³-hybridized carbons (Fsp3) is 0.600. The van der Waals surface area contributed by atoms with Crippen molar-refractivity contribution >= 4 is 0 Å². The van der Waals surface area contributed by atoms with Crippen LogP contribution in [0.4, 0.5) is 0 Å². The molecule has 0 heterocycles. The van der Waals surface area contributed by atoms with Gasteiger partial charge in [-0.25, -0.2) is 0 Å². The van der Waals surface area contributed by atoms with Crippen LogP contribution in [0.1, 0.15) is 38.3 Å². The van der Waals surface area contributed by atoms with Gasteiger partial charge in [-0.2, -0.15) is 0 Å². The third-order valence-electron chi connectivity index (χ3n) is 3.15. The Morgan fingerprint density at radius 3 is 2.53 bits per heavy atom. The van der Waals surface area contributed by atoms with Gasteiger partial charge in [0.15, 0.2) is 0 Å². The molecule has 0 spiro atoms. The van der Waals surface area contributed by atoms with Crippen molar-refractivity contribution < 1.29 is 14.6 Å². The lowest BCUT2D eigenvalue weighted by Gasteiger charge is -2.18. The number of nitrogens with one attached hydrogen (secondary N) is 1. The molecule has 1 rings (SSSR count). The van der Waals surface area contributed by atoms with Crippen LogP contribution in [0, 0.1) is 0 Å². The summed E-state index contributed by atoms with van der Waals surface area (Å²) in [5, 5.41) is 12.7. The van der Waals surface area contributed by atoms with Crippen molar-refractivity contribution in [2.75, 3.05) is 20.8 Å². The minimum atomic E-state index is -0.233. The second kappa shape index (κ2) is 8.02. The number of ether oxygens (including phenoxy) is 2. The molecule has 0 saturated heterocycles. The van der Waals surface area contributed by atoms with E-state index in [4.69, 9.17) is 9.47 Å². The average Bonchev–Trinajstić information content (AvgIpc) is 2.42. The summed E-state index contributed by atoms with van der Waals surface area (Å²) in [6, 6.07) is 5.98. The highest BCUT2D eigenvalue weighted by atomic mass is 16.5. The second-order valence-corrected chi connectivity index (χ2v) is 4.77. The van der Waals surface area contributed by atoms with Gasteiger partial charge in [-0.1, -0.05) is 0 Å². The summed E-state index contributed by atoms with van der Waals surface area (Å²) >= 11 is 0. The maximum atomic E-state index is 9.22. The Bertz CT molecular complexity index is 380. The topological polar surface area (TPSA) is 50.7 Å². The van der Waals surface area contributed by atoms with Crippen molar-refractivity contribution in [2.45, 2.75) is 38.8 Å². The lowest BCUT2D eigenvalue weighted by Crippen LogP contribution is -2.21. The Balaban J connectivity index is 2.61. The first-order chi connectivity index (χ1) is 9.08. The summed E-state index contributed by atoms with van der Waals surface area (Å²) in [6.07, 6.45) is 1.53. The van der Waals surface area contributed by atoms with Crippen molar-refractivity contribution in [1.29, 1.82) is 0 Å². The van der Waals surface area contributed by atoms with Gasteiger partial charge >= 0.3 is 0 Å².